The molecular formula is C22H24O11. The number of phenolic OH excluding ortho intramolecular Hbond substituents is 1. The number of methoxy groups -OCH3 is 1. The number of Topliss-reactive ketones (excluding diaryl/α,β-unsaturated/α-hetero) is 1. The molecule has 2 aromatic rings. The van der Waals surface area contributed by atoms with Gasteiger partial charge >= 0.3 is 0 Å². The average Bonchev–Trinajstić information content (AvgIpc) is 2.81. The second-order valence-electron chi connectivity index (χ2n) is 7.75. The normalized spacial score (nSPS) is 31.5. The molecule has 0 bridgehead atoms. The Morgan fingerprint density at radius 2 is 1.70 bits per heavy atom. The van der Waals surface area contributed by atoms with Crippen molar-refractivity contribution in [2.75, 3.05) is 13.7 Å². The molecule has 0 spiro atoms. The van der Waals surface area contributed by atoms with E-state index in [4.69, 9.17) is 18.9 Å². The van der Waals surface area contributed by atoms with Gasteiger partial charge in [0.25, 0.3) is 0 Å². The molecule has 0 aliphatic carbocycles. The Hall–Kier alpha value is -2.93. The minimum atomic E-state index is -1.71. The number of hydrogen-bond donors (Lipinski definition) is 6. The van der Waals surface area contributed by atoms with Crippen LogP contribution in [-0.2, 0) is 4.74 Å². The van der Waals surface area contributed by atoms with Crippen LogP contribution in [0.2, 0.25) is 0 Å². The average molecular weight is 464 g/mol. The van der Waals surface area contributed by atoms with E-state index in [-0.39, 0.29) is 28.6 Å². The zero-order chi connectivity index (χ0) is 23.9. The lowest BCUT2D eigenvalue weighted by atomic mass is 9.92. The van der Waals surface area contributed by atoms with Crippen LogP contribution in [0.4, 0.5) is 0 Å². The van der Waals surface area contributed by atoms with Crippen LogP contribution in [-0.4, -0.2) is 86.9 Å². The Morgan fingerprint density at radius 1 is 1.00 bits per heavy atom. The smallest absolute Gasteiger partial charge is 0.229 e. The molecule has 2 aliphatic heterocycles. The highest BCUT2D eigenvalue weighted by molar-refractivity contribution is 6.05. The molecule has 1 fully saturated rings. The summed E-state index contributed by atoms with van der Waals surface area (Å²) >= 11 is 0. The van der Waals surface area contributed by atoms with Crippen molar-refractivity contribution in [3.05, 3.63) is 47.5 Å². The third-order valence-corrected chi connectivity index (χ3v) is 5.64. The first-order chi connectivity index (χ1) is 15.7. The second-order valence-corrected chi connectivity index (χ2v) is 7.75. The zero-order valence-corrected chi connectivity index (χ0v) is 17.4. The minimum Gasteiger partial charge on any atom is -0.508 e. The molecule has 1 saturated heterocycles. The van der Waals surface area contributed by atoms with Gasteiger partial charge in [-0.15, -0.1) is 0 Å². The predicted molar refractivity (Wildman–Crippen MR) is 109 cm³/mol. The van der Waals surface area contributed by atoms with Gasteiger partial charge in [0.15, 0.2) is 12.2 Å². The maximum absolute atomic E-state index is 13.1. The molecule has 11 nitrogen and oxygen atoms in total. The number of carbonyl (C=O) groups is 1. The fraction of sp³-hybridized carbons (Fsp3) is 0.409. The third-order valence-electron chi connectivity index (χ3n) is 5.64. The zero-order valence-electron chi connectivity index (χ0n) is 17.4. The van der Waals surface area contributed by atoms with E-state index < -0.39 is 55.3 Å². The van der Waals surface area contributed by atoms with Crippen LogP contribution < -0.4 is 14.2 Å². The fourth-order valence-corrected chi connectivity index (χ4v) is 3.80. The number of ketones is 1. The lowest BCUT2D eigenvalue weighted by molar-refractivity contribution is -0.277. The van der Waals surface area contributed by atoms with Crippen LogP contribution in [0.25, 0.3) is 0 Å². The third kappa shape index (κ3) is 4.22. The summed E-state index contributed by atoms with van der Waals surface area (Å²) in [5.41, 5.74) is 0.300. The Balaban J connectivity index is 1.70. The number of benzene rings is 2. The number of aliphatic hydroxyl groups excluding tert-OH is 5. The number of aliphatic hydroxyl groups is 5. The maximum Gasteiger partial charge on any atom is 0.229 e. The van der Waals surface area contributed by atoms with E-state index in [1.165, 1.54) is 43.5 Å². The molecule has 7 atom stereocenters. The number of rotatable bonds is 5. The summed E-state index contributed by atoms with van der Waals surface area (Å²) in [6.45, 7) is -0.657. The van der Waals surface area contributed by atoms with Crippen LogP contribution >= 0.6 is 0 Å². The van der Waals surface area contributed by atoms with Gasteiger partial charge in [0.2, 0.25) is 12.1 Å². The number of hydrogen-bond acceptors (Lipinski definition) is 11. The fourth-order valence-electron chi connectivity index (χ4n) is 3.80. The van der Waals surface area contributed by atoms with Crippen LogP contribution in [0.1, 0.15) is 22.0 Å². The molecule has 0 radical (unpaired) electrons. The van der Waals surface area contributed by atoms with Gasteiger partial charge < -0.3 is 49.6 Å². The standard InChI is InChI=1S/C22H24O11/c1-30-11-6-12-15(17(26)19(28)21(31-12)9-2-4-10(24)5-3-9)13(7-11)32-22-20(29)18(27)16(25)14(8-23)33-22/h2-7,14,16,18-25,27-29H,8H2,1H3/t14-,16-,18+,19+,20-,21-,22-/m1/s1. The summed E-state index contributed by atoms with van der Waals surface area (Å²) in [5, 5.41) is 59.8. The summed E-state index contributed by atoms with van der Waals surface area (Å²) in [4.78, 5) is 13.1. The molecular weight excluding hydrogens is 440 g/mol. The first-order valence-corrected chi connectivity index (χ1v) is 10.1. The van der Waals surface area contributed by atoms with Gasteiger partial charge in [-0.3, -0.25) is 4.79 Å². The van der Waals surface area contributed by atoms with Gasteiger partial charge in [-0.2, -0.15) is 0 Å². The number of phenols is 1. The van der Waals surface area contributed by atoms with Crippen molar-refractivity contribution in [3.63, 3.8) is 0 Å². The van der Waals surface area contributed by atoms with Gasteiger partial charge in [-0.25, -0.2) is 0 Å². The molecule has 0 amide bonds. The summed E-state index contributed by atoms with van der Waals surface area (Å²) in [6, 6.07) is 8.54. The highest BCUT2D eigenvalue weighted by Gasteiger charge is 2.46. The first kappa shape index (κ1) is 23.2. The molecule has 0 aromatic heterocycles. The van der Waals surface area contributed by atoms with Crippen LogP contribution in [0, 0.1) is 0 Å². The number of aromatic hydroxyl groups is 1. The summed E-state index contributed by atoms with van der Waals surface area (Å²) in [5.74, 6) is -0.643. The SMILES string of the molecule is COc1cc(O[C@@H]2O[C@H](CO)[C@@H](O)[C@H](O)[C@H]2O)c2c(c1)O[C@H](c1ccc(O)cc1)[C@@H](O)C2=O. The van der Waals surface area contributed by atoms with Gasteiger partial charge in [0.05, 0.1) is 13.7 Å². The minimum absolute atomic E-state index is 0.00709. The number of fused-ring (bicyclic) bond motifs is 1. The molecule has 2 heterocycles. The van der Waals surface area contributed by atoms with E-state index in [1.807, 2.05) is 0 Å². The molecule has 2 aromatic carbocycles. The van der Waals surface area contributed by atoms with Crippen molar-refractivity contribution in [2.24, 2.45) is 0 Å². The van der Waals surface area contributed by atoms with Crippen molar-refractivity contribution < 1.29 is 54.4 Å². The summed E-state index contributed by atoms with van der Waals surface area (Å²) in [7, 11) is 1.37. The van der Waals surface area contributed by atoms with Crippen molar-refractivity contribution in [1.82, 2.24) is 0 Å². The van der Waals surface area contributed by atoms with Gasteiger partial charge in [0, 0.05) is 12.1 Å². The van der Waals surface area contributed by atoms with E-state index in [1.54, 1.807) is 0 Å². The van der Waals surface area contributed by atoms with Crippen molar-refractivity contribution in [3.8, 4) is 23.0 Å². The second kappa shape index (κ2) is 9.14. The van der Waals surface area contributed by atoms with Crippen LogP contribution in [0.15, 0.2) is 36.4 Å². The molecule has 0 unspecified atom stereocenters. The Bertz CT molecular complexity index is 1010. The predicted octanol–water partition coefficient (Wildman–Crippen LogP) is -0.743. The lowest BCUT2D eigenvalue weighted by Crippen LogP contribution is -2.60. The van der Waals surface area contributed by atoms with Gasteiger partial charge in [-0.1, -0.05) is 12.1 Å². The Labute approximate surface area is 188 Å². The highest BCUT2D eigenvalue weighted by Crippen LogP contribution is 2.43. The Kier molecular flexibility index (Phi) is 6.43. The first-order valence-electron chi connectivity index (χ1n) is 10.1. The van der Waals surface area contributed by atoms with Gasteiger partial charge in [-0.05, 0) is 17.7 Å². The van der Waals surface area contributed by atoms with E-state index in [9.17, 15) is 35.4 Å². The monoisotopic (exact) mass is 464 g/mol. The van der Waals surface area contributed by atoms with E-state index in [0.717, 1.165) is 0 Å². The molecule has 33 heavy (non-hydrogen) atoms. The van der Waals surface area contributed by atoms with E-state index in [2.05, 4.69) is 0 Å². The Morgan fingerprint density at radius 3 is 2.33 bits per heavy atom. The van der Waals surface area contributed by atoms with Crippen LogP contribution in [0.5, 0.6) is 23.0 Å². The molecule has 0 saturated carbocycles. The van der Waals surface area contributed by atoms with Gasteiger partial charge in [0.1, 0.15) is 53.0 Å². The lowest BCUT2D eigenvalue weighted by Gasteiger charge is -2.40. The molecule has 178 valence electrons. The highest BCUT2D eigenvalue weighted by atomic mass is 16.7. The van der Waals surface area contributed by atoms with Crippen molar-refractivity contribution in [2.45, 2.75) is 42.9 Å². The topological polar surface area (TPSA) is 175 Å². The van der Waals surface area contributed by atoms with E-state index >= 15 is 0 Å². The summed E-state index contributed by atoms with van der Waals surface area (Å²) < 4.78 is 22.1. The molecule has 2 aliphatic rings. The molecule has 11 heteroatoms. The van der Waals surface area contributed by atoms with E-state index in [0.29, 0.717) is 5.56 Å². The molecule has 4 rings (SSSR count). The van der Waals surface area contributed by atoms with Crippen molar-refractivity contribution >= 4 is 5.78 Å². The van der Waals surface area contributed by atoms with Crippen LogP contribution in [0.3, 0.4) is 0 Å². The number of carbonyl (C=O) groups excluding carboxylic acids is 1. The maximum atomic E-state index is 13.1. The molecule has 6 N–H and O–H groups in total. The number of ether oxygens (including phenoxy) is 4. The van der Waals surface area contributed by atoms with Crippen molar-refractivity contribution in [1.29, 1.82) is 0 Å². The largest absolute Gasteiger partial charge is 0.508 e. The summed E-state index contributed by atoms with van der Waals surface area (Å²) in [6.07, 6.45) is -10.4. The quantitative estimate of drug-likeness (QED) is 0.329.